The van der Waals surface area contributed by atoms with Crippen molar-refractivity contribution in [1.82, 2.24) is 25.0 Å². The molecule has 0 aromatic carbocycles. The van der Waals surface area contributed by atoms with E-state index in [1.54, 1.807) is 28.2 Å². The number of aromatic nitrogens is 5. The van der Waals surface area contributed by atoms with E-state index in [0.717, 1.165) is 12.4 Å². The number of thiophene rings is 1. The van der Waals surface area contributed by atoms with E-state index in [2.05, 4.69) is 44.9 Å². The van der Waals surface area contributed by atoms with Crippen molar-refractivity contribution in [3.8, 4) is 0 Å². The van der Waals surface area contributed by atoms with Gasteiger partial charge in [0.25, 0.3) is 0 Å². The lowest BCUT2D eigenvalue weighted by Gasteiger charge is -2.04. The zero-order chi connectivity index (χ0) is 11.7. The minimum absolute atomic E-state index is 0.636. The normalized spacial score (nSPS) is 10.9. The fourth-order valence-corrected chi connectivity index (χ4v) is 2.38. The molecular formula is C10H10N6S. The van der Waals surface area contributed by atoms with Gasteiger partial charge in [-0.2, -0.15) is 4.52 Å². The van der Waals surface area contributed by atoms with Gasteiger partial charge in [-0.3, -0.25) is 4.98 Å². The molecule has 6 nitrogen and oxygen atoms in total. The molecule has 0 aliphatic heterocycles. The van der Waals surface area contributed by atoms with Crippen LogP contribution >= 0.6 is 11.3 Å². The van der Waals surface area contributed by atoms with Crippen LogP contribution in [0.3, 0.4) is 0 Å². The molecule has 0 fully saturated rings. The second-order valence-electron chi connectivity index (χ2n) is 3.61. The number of nitrogens with one attached hydrogen (secondary N) is 1. The van der Waals surface area contributed by atoms with Crippen molar-refractivity contribution in [2.75, 3.05) is 5.32 Å². The maximum Gasteiger partial charge on any atom is 0.199 e. The first-order chi connectivity index (χ1) is 8.33. The lowest BCUT2D eigenvalue weighted by Crippen LogP contribution is -2.04. The Morgan fingerprint density at radius 1 is 1.35 bits per heavy atom. The molecule has 0 bridgehead atoms. The van der Waals surface area contributed by atoms with Gasteiger partial charge in [-0.15, -0.1) is 16.4 Å². The Kier molecular flexibility index (Phi) is 2.45. The highest BCUT2D eigenvalue weighted by molar-refractivity contribution is 7.11. The number of anilines is 1. The zero-order valence-corrected chi connectivity index (χ0v) is 9.98. The fourth-order valence-electron chi connectivity index (χ4n) is 1.55. The van der Waals surface area contributed by atoms with E-state index in [1.165, 1.54) is 9.75 Å². The van der Waals surface area contributed by atoms with Gasteiger partial charge in [-0.05, 0) is 29.5 Å². The summed E-state index contributed by atoms with van der Waals surface area (Å²) in [5.41, 5.74) is 0.636. The van der Waals surface area contributed by atoms with Crippen LogP contribution < -0.4 is 5.32 Å². The number of tetrazole rings is 1. The van der Waals surface area contributed by atoms with Gasteiger partial charge in [0.2, 0.25) is 0 Å². The van der Waals surface area contributed by atoms with Gasteiger partial charge in [0.05, 0.1) is 18.9 Å². The lowest BCUT2D eigenvalue weighted by molar-refractivity contribution is 0.820. The third-order valence-electron chi connectivity index (χ3n) is 2.35. The van der Waals surface area contributed by atoms with E-state index in [0.29, 0.717) is 5.65 Å². The minimum Gasteiger partial charge on any atom is -0.364 e. The van der Waals surface area contributed by atoms with Gasteiger partial charge in [-0.25, -0.2) is 0 Å². The summed E-state index contributed by atoms with van der Waals surface area (Å²) in [7, 11) is 0. The molecule has 86 valence electrons. The predicted octanol–water partition coefficient (Wildman–Crippen LogP) is 1.50. The van der Waals surface area contributed by atoms with Gasteiger partial charge in [0, 0.05) is 9.75 Å². The average Bonchev–Trinajstić information content (AvgIpc) is 2.94. The van der Waals surface area contributed by atoms with Crippen LogP contribution in [0.5, 0.6) is 0 Å². The number of hydrogen-bond acceptors (Lipinski definition) is 6. The molecule has 3 heterocycles. The maximum absolute atomic E-state index is 4.08. The molecule has 0 saturated heterocycles. The molecular weight excluding hydrogens is 236 g/mol. The Hall–Kier alpha value is -2.02. The molecule has 3 aromatic rings. The number of rotatable bonds is 3. The molecule has 0 spiro atoms. The largest absolute Gasteiger partial charge is 0.364 e. The lowest BCUT2D eigenvalue weighted by atomic mass is 10.4. The van der Waals surface area contributed by atoms with Crippen LogP contribution in [-0.4, -0.2) is 25.0 Å². The van der Waals surface area contributed by atoms with Gasteiger partial charge in [0.1, 0.15) is 0 Å². The highest BCUT2D eigenvalue weighted by atomic mass is 32.1. The molecule has 0 atom stereocenters. The molecule has 0 aliphatic carbocycles. The minimum atomic E-state index is 0.636. The predicted molar refractivity (Wildman–Crippen MR) is 65.0 cm³/mol. The third-order valence-corrected chi connectivity index (χ3v) is 3.35. The van der Waals surface area contributed by atoms with Gasteiger partial charge in [-0.1, -0.05) is 0 Å². The number of nitrogens with zero attached hydrogens (tertiary/aromatic N) is 5. The SMILES string of the molecule is Cc1ccc(CNc2cncc3nnnn23)s1. The summed E-state index contributed by atoms with van der Waals surface area (Å²) in [6, 6.07) is 4.22. The Bertz CT molecular complexity index is 643. The maximum atomic E-state index is 4.08. The molecule has 0 unspecified atom stereocenters. The summed E-state index contributed by atoms with van der Waals surface area (Å²) in [6.07, 6.45) is 3.34. The van der Waals surface area contributed by atoms with Crippen LogP contribution in [0.2, 0.25) is 0 Å². The Balaban J connectivity index is 1.83. The van der Waals surface area contributed by atoms with Gasteiger partial charge >= 0.3 is 0 Å². The standard InChI is InChI=1S/C10H10N6S/c1-7-2-3-8(17-7)4-12-9-5-11-6-10-13-14-15-16(9)10/h2-3,5-6,12H,4H2,1H3. The quantitative estimate of drug-likeness (QED) is 0.758. The summed E-state index contributed by atoms with van der Waals surface area (Å²) in [4.78, 5) is 6.66. The molecule has 0 saturated carbocycles. The van der Waals surface area contributed by atoms with Crippen LogP contribution in [0.1, 0.15) is 9.75 Å². The Morgan fingerprint density at radius 2 is 2.29 bits per heavy atom. The summed E-state index contributed by atoms with van der Waals surface area (Å²) in [5, 5.41) is 14.6. The van der Waals surface area contributed by atoms with E-state index >= 15 is 0 Å². The molecule has 3 aromatic heterocycles. The Labute approximate surface area is 101 Å². The van der Waals surface area contributed by atoms with Crippen molar-refractivity contribution in [3.63, 3.8) is 0 Å². The molecule has 0 radical (unpaired) electrons. The monoisotopic (exact) mass is 246 g/mol. The van der Waals surface area contributed by atoms with Crippen LogP contribution in [0.25, 0.3) is 5.65 Å². The average molecular weight is 246 g/mol. The van der Waals surface area contributed by atoms with Crippen LogP contribution in [0.15, 0.2) is 24.5 Å². The second-order valence-corrected chi connectivity index (χ2v) is 4.98. The Morgan fingerprint density at radius 3 is 3.12 bits per heavy atom. The number of aryl methyl sites for hydroxylation is 1. The van der Waals surface area contributed by atoms with Crippen LogP contribution in [-0.2, 0) is 6.54 Å². The molecule has 0 amide bonds. The fraction of sp³-hybridized carbons (Fsp3) is 0.200. The molecule has 1 N–H and O–H groups in total. The van der Waals surface area contributed by atoms with Crippen molar-refractivity contribution in [1.29, 1.82) is 0 Å². The van der Waals surface area contributed by atoms with E-state index in [4.69, 9.17) is 0 Å². The van der Waals surface area contributed by atoms with Crippen LogP contribution in [0.4, 0.5) is 5.82 Å². The first kappa shape index (κ1) is 10.2. The zero-order valence-electron chi connectivity index (χ0n) is 9.16. The van der Waals surface area contributed by atoms with E-state index in [1.807, 2.05) is 0 Å². The summed E-state index contributed by atoms with van der Waals surface area (Å²) in [5.74, 6) is 0.790. The van der Waals surface area contributed by atoms with Crippen molar-refractivity contribution in [3.05, 3.63) is 34.3 Å². The van der Waals surface area contributed by atoms with Crippen LogP contribution in [0, 0.1) is 6.92 Å². The van der Waals surface area contributed by atoms with Crippen molar-refractivity contribution in [2.24, 2.45) is 0 Å². The van der Waals surface area contributed by atoms with Crippen molar-refractivity contribution < 1.29 is 0 Å². The highest BCUT2D eigenvalue weighted by Gasteiger charge is 2.04. The van der Waals surface area contributed by atoms with Crippen molar-refractivity contribution >= 4 is 22.8 Å². The summed E-state index contributed by atoms with van der Waals surface area (Å²) in [6.45, 7) is 2.84. The summed E-state index contributed by atoms with van der Waals surface area (Å²) >= 11 is 1.77. The van der Waals surface area contributed by atoms with Crippen molar-refractivity contribution in [2.45, 2.75) is 13.5 Å². The van der Waals surface area contributed by atoms with E-state index < -0.39 is 0 Å². The topological polar surface area (TPSA) is 68.0 Å². The number of hydrogen-bond donors (Lipinski definition) is 1. The summed E-state index contributed by atoms with van der Waals surface area (Å²) < 4.78 is 1.63. The molecule has 0 aliphatic rings. The first-order valence-electron chi connectivity index (χ1n) is 5.14. The van der Waals surface area contributed by atoms with E-state index in [9.17, 15) is 0 Å². The smallest absolute Gasteiger partial charge is 0.199 e. The molecule has 3 rings (SSSR count). The number of fused-ring (bicyclic) bond motifs is 1. The van der Waals surface area contributed by atoms with Gasteiger partial charge < -0.3 is 5.32 Å². The highest BCUT2D eigenvalue weighted by Crippen LogP contribution is 2.16. The third kappa shape index (κ3) is 1.96. The van der Waals surface area contributed by atoms with E-state index in [-0.39, 0.29) is 0 Å². The molecule has 17 heavy (non-hydrogen) atoms. The first-order valence-corrected chi connectivity index (χ1v) is 5.96. The van der Waals surface area contributed by atoms with Gasteiger partial charge in [0.15, 0.2) is 11.5 Å². The molecule has 7 heteroatoms. The second kappa shape index (κ2) is 4.10.